The molecule has 0 unspecified atom stereocenters. The van der Waals surface area contributed by atoms with Crippen LogP contribution >= 0.6 is 0 Å². The largest absolute Gasteiger partial charge is 0.496 e. The number of benzene rings is 1. The molecular formula is C12H16N2O4. The standard InChI is InChI=1S/C12H16N2O4/c1-3-4-7-13-12(15)10-8-9(14(16)17)5-6-11(10)18-2/h5-6,8H,3-4,7H2,1-2H3,(H,13,15). The first-order chi connectivity index (χ1) is 8.60. The van der Waals surface area contributed by atoms with E-state index in [9.17, 15) is 14.9 Å². The molecule has 6 nitrogen and oxygen atoms in total. The fraction of sp³-hybridized carbons (Fsp3) is 0.417. The maximum atomic E-state index is 11.9. The van der Waals surface area contributed by atoms with Gasteiger partial charge >= 0.3 is 0 Å². The summed E-state index contributed by atoms with van der Waals surface area (Å²) in [6, 6.07) is 3.95. The number of nitrogens with zero attached hydrogens (tertiary/aromatic N) is 1. The summed E-state index contributed by atoms with van der Waals surface area (Å²) in [4.78, 5) is 22.0. The molecule has 0 saturated heterocycles. The van der Waals surface area contributed by atoms with E-state index in [0.717, 1.165) is 12.8 Å². The number of unbranched alkanes of at least 4 members (excludes halogenated alkanes) is 1. The molecule has 0 aliphatic rings. The molecule has 0 spiro atoms. The average Bonchev–Trinajstić information content (AvgIpc) is 2.38. The highest BCUT2D eigenvalue weighted by atomic mass is 16.6. The van der Waals surface area contributed by atoms with Gasteiger partial charge in [-0.2, -0.15) is 0 Å². The van der Waals surface area contributed by atoms with Gasteiger partial charge in [-0.05, 0) is 12.5 Å². The summed E-state index contributed by atoms with van der Waals surface area (Å²) in [6.07, 6.45) is 1.83. The highest BCUT2D eigenvalue weighted by Crippen LogP contribution is 2.23. The third-order valence-corrected chi connectivity index (χ3v) is 2.45. The monoisotopic (exact) mass is 252 g/mol. The first kappa shape index (κ1) is 14.0. The number of nitrogens with one attached hydrogen (secondary N) is 1. The lowest BCUT2D eigenvalue weighted by atomic mass is 10.1. The zero-order valence-corrected chi connectivity index (χ0v) is 10.4. The SMILES string of the molecule is CCCCNC(=O)c1cc([N+](=O)[O-])ccc1OC. The molecule has 0 aromatic heterocycles. The van der Waals surface area contributed by atoms with Crippen LogP contribution in [0.3, 0.4) is 0 Å². The summed E-state index contributed by atoms with van der Waals surface area (Å²) >= 11 is 0. The van der Waals surface area contributed by atoms with Crippen molar-refractivity contribution in [3.05, 3.63) is 33.9 Å². The van der Waals surface area contributed by atoms with Gasteiger partial charge in [0, 0.05) is 18.7 Å². The summed E-state index contributed by atoms with van der Waals surface area (Å²) in [5.74, 6) is -0.0291. The number of non-ortho nitro benzene ring substituents is 1. The second-order valence-electron chi connectivity index (χ2n) is 3.75. The van der Waals surface area contributed by atoms with Crippen molar-refractivity contribution in [1.82, 2.24) is 5.32 Å². The van der Waals surface area contributed by atoms with Gasteiger partial charge in [-0.1, -0.05) is 13.3 Å². The molecule has 0 radical (unpaired) electrons. The van der Waals surface area contributed by atoms with Crippen LogP contribution in [0.2, 0.25) is 0 Å². The van der Waals surface area contributed by atoms with Crippen LogP contribution in [-0.2, 0) is 0 Å². The molecule has 1 aromatic carbocycles. The van der Waals surface area contributed by atoms with Crippen LogP contribution < -0.4 is 10.1 Å². The second kappa shape index (κ2) is 6.58. The summed E-state index contributed by atoms with van der Waals surface area (Å²) < 4.78 is 5.02. The van der Waals surface area contributed by atoms with E-state index in [1.165, 1.54) is 25.3 Å². The van der Waals surface area contributed by atoms with E-state index in [1.807, 2.05) is 6.92 Å². The second-order valence-corrected chi connectivity index (χ2v) is 3.75. The van der Waals surface area contributed by atoms with Crippen molar-refractivity contribution >= 4 is 11.6 Å². The Morgan fingerprint density at radius 2 is 2.22 bits per heavy atom. The maximum absolute atomic E-state index is 11.9. The van der Waals surface area contributed by atoms with Gasteiger partial charge in [0.2, 0.25) is 0 Å². The molecule has 0 atom stereocenters. The van der Waals surface area contributed by atoms with Gasteiger partial charge in [0.05, 0.1) is 17.6 Å². The van der Waals surface area contributed by atoms with Crippen molar-refractivity contribution in [3.8, 4) is 5.75 Å². The smallest absolute Gasteiger partial charge is 0.270 e. The highest BCUT2D eigenvalue weighted by Gasteiger charge is 2.16. The van der Waals surface area contributed by atoms with Crippen LogP contribution in [0.1, 0.15) is 30.1 Å². The number of hydrogen-bond donors (Lipinski definition) is 1. The van der Waals surface area contributed by atoms with E-state index in [1.54, 1.807) is 0 Å². The molecule has 1 amide bonds. The van der Waals surface area contributed by atoms with Gasteiger partial charge in [0.15, 0.2) is 0 Å². The predicted molar refractivity (Wildman–Crippen MR) is 66.9 cm³/mol. The van der Waals surface area contributed by atoms with Crippen molar-refractivity contribution in [2.45, 2.75) is 19.8 Å². The zero-order valence-electron chi connectivity index (χ0n) is 10.4. The first-order valence-electron chi connectivity index (χ1n) is 5.70. The minimum absolute atomic E-state index is 0.128. The Labute approximate surface area is 105 Å². The third-order valence-electron chi connectivity index (χ3n) is 2.45. The number of nitro benzene ring substituents is 1. The molecule has 0 aliphatic heterocycles. The number of nitro groups is 1. The molecule has 0 fully saturated rings. The number of ether oxygens (including phenoxy) is 1. The maximum Gasteiger partial charge on any atom is 0.270 e. The Hall–Kier alpha value is -2.11. The van der Waals surface area contributed by atoms with Crippen LogP contribution in [0.4, 0.5) is 5.69 Å². The zero-order chi connectivity index (χ0) is 13.5. The Morgan fingerprint density at radius 3 is 2.78 bits per heavy atom. The van der Waals surface area contributed by atoms with Crippen molar-refractivity contribution in [2.24, 2.45) is 0 Å². The normalized spacial score (nSPS) is 9.89. The Bertz CT molecular complexity index is 446. The van der Waals surface area contributed by atoms with E-state index in [0.29, 0.717) is 12.3 Å². The molecule has 0 heterocycles. The van der Waals surface area contributed by atoms with E-state index < -0.39 is 4.92 Å². The van der Waals surface area contributed by atoms with Gasteiger partial charge < -0.3 is 10.1 Å². The van der Waals surface area contributed by atoms with Crippen LogP contribution in [-0.4, -0.2) is 24.5 Å². The lowest BCUT2D eigenvalue weighted by Gasteiger charge is -2.08. The molecule has 18 heavy (non-hydrogen) atoms. The van der Waals surface area contributed by atoms with E-state index in [-0.39, 0.29) is 17.2 Å². The van der Waals surface area contributed by atoms with Crippen molar-refractivity contribution in [1.29, 1.82) is 0 Å². The molecule has 1 rings (SSSR count). The molecule has 0 bridgehead atoms. The Balaban J connectivity index is 2.93. The van der Waals surface area contributed by atoms with Gasteiger partial charge in [0.1, 0.15) is 5.75 Å². The Kier molecular flexibility index (Phi) is 5.10. The summed E-state index contributed by atoms with van der Waals surface area (Å²) in [5, 5.41) is 13.4. The van der Waals surface area contributed by atoms with E-state index >= 15 is 0 Å². The van der Waals surface area contributed by atoms with Crippen molar-refractivity contribution in [3.63, 3.8) is 0 Å². The fourth-order valence-electron chi connectivity index (χ4n) is 1.46. The number of amides is 1. The molecule has 1 N–H and O–H groups in total. The Morgan fingerprint density at radius 1 is 1.50 bits per heavy atom. The highest BCUT2D eigenvalue weighted by molar-refractivity contribution is 5.97. The predicted octanol–water partition coefficient (Wildman–Crippen LogP) is 2.13. The van der Waals surface area contributed by atoms with Gasteiger partial charge in [0.25, 0.3) is 11.6 Å². The van der Waals surface area contributed by atoms with Gasteiger partial charge in [-0.25, -0.2) is 0 Å². The van der Waals surface area contributed by atoms with Gasteiger partial charge in [-0.3, -0.25) is 14.9 Å². The number of rotatable bonds is 6. The number of carbonyl (C=O) groups is 1. The lowest BCUT2D eigenvalue weighted by Crippen LogP contribution is -2.24. The molecule has 98 valence electrons. The number of hydrogen-bond acceptors (Lipinski definition) is 4. The molecule has 0 saturated carbocycles. The van der Waals surface area contributed by atoms with E-state index in [2.05, 4.69) is 5.32 Å². The molecule has 1 aromatic rings. The minimum Gasteiger partial charge on any atom is -0.496 e. The number of carbonyl (C=O) groups excluding carboxylic acids is 1. The fourth-order valence-corrected chi connectivity index (χ4v) is 1.46. The van der Waals surface area contributed by atoms with Crippen LogP contribution in [0.15, 0.2) is 18.2 Å². The average molecular weight is 252 g/mol. The summed E-state index contributed by atoms with van der Waals surface area (Å²) in [5.41, 5.74) is 0.0549. The van der Waals surface area contributed by atoms with E-state index in [4.69, 9.17) is 4.74 Å². The van der Waals surface area contributed by atoms with Crippen molar-refractivity contribution < 1.29 is 14.5 Å². The van der Waals surface area contributed by atoms with Gasteiger partial charge in [-0.15, -0.1) is 0 Å². The van der Waals surface area contributed by atoms with Crippen molar-refractivity contribution in [2.75, 3.05) is 13.7 Å². The van der Waals surface area contributed by atoms with Crippen LogP contribution in [0, 0.1) is 10.1 Å². The lowest BCUT2D eigenvalue weighted by molar-refractivity contribution is -0.384. The van der Waals surface area contributed by atoms with Crippen LogP contribution in [0.5, 0.6) is 5.75 Å². The van der Waals surface area contributed by atoms with Crippen LogP contribution in [0.25, 0.3) is 0 Å². The summed E-state index contributed by atoms with van der Waals surface area (Å²) in [7, 11) is 1.42. The number of methoxy groups -OCH3 is 1. The third kappa shape index (κ3) is 3.44. The first-order valence-corrected chi connectivity index (χ1v) is 5.70. The minimum atomic E-state index is -0.539. The topological polar surface area (TPSA) is 81.5 Å². The molecule has 6 heteroatoms. The molecule has 0 aliphatic carbocycles. The molecular weight excluding hydrogens is 236 g/mol. The quantitative estimate of drug-likeness (QED) is 0.477. The summed E-state index contributed by atoms with van der Waals surface area (Å²) in [6.45, 7) is 2.56.